The van der Waals surface area contributed by atoms with Gasteiger partial charge in [-0.25, -0.2) is 9.18 Å². The lowest BCUT2D eigenvalue weighted by molar-refractivity contribution is -0.131. The van der Waals surface area contributed by atoms with Gasteiger partial charge in [0.1, 0.15) is 11.9 Å². The van der Waals surface area contributed by atoms with Crippen LogP contribution in [0.25, 0.3) is 0 Å². The first kappa shape index (κ1) is 18.4. The number of carbonyl (C=O) groups excluding carboxylic acids is 2. The summed E-state index contributed by atoms with van der Waals surface area (Å²) in [4.78, 5) is 28.7. The number of amides is 2. The van der Waals surface area contributed by atoms with Crippen molar-refractivity contribution in [1.82, 2.24) is 4.90 Å². The van der Waals surface area contributed by atoms with E-state index in [-0.39, 0.29) is 25.6 Å². The zero-order valence-corrected chi connectivity index (χ0v) is 14.6. The van der Waals surface area contributed by atoms with Crippen LogP contribution >= 0.6 is 0 Å². The zero-order chi connectivity index (χ0) is 18.7. The molecule has 3 rings (SSSR count). The van der Waals surface area contributed by atoms with Crippen LogP contribution in [0.4, 0.5) is 20.6 Å². The third kappa shape index (κ3) is 3.73. The highest BCUT2D eigenvalue weighted by molar-refractivity contribution is 5.90. The van der Waals surface area contributed by atoms with Gasteiger partial charge in [0.05, 0.1) is 37.7 Å². The Balaban J connectivity index is 1.69. The third-order valence-electron chi connectivity index (χ3n) is 4.55. The molecule has 142 valence electrons. The summed E-state index contributed by atoms with van der Waals surface area (Å²) in [5, 5.41) is 9.09. The van der Waals surface area contributed by atoms with Gasteiger partial charge in [-0.2, -0.15) is 0 Å². The molecular weight excluding hydrogens is 345 g/mol. The number of aliphatic hydroxyl groups is 1. The summed E-state index contributed by atoms with van der Waals surface area (Å²) in [7, 11) is 1.58. The fraction of sp³-hybridized carbons (Fsp3) is 0.529. The van der Waals surface area contributed by atoms with Crippen LogP contribution in [0.3, 0.4) is 0 Å². The smallest absolute Gasteiger partial charge is 0.414 e. The highest BCUT2D eigenvalue weighted by Crippen LogP contribution is 2.28. The number of hydrogen-bond donors (Lipinski definition) is 1. The van der Waals surface area contributed by atoms with Crippen molar-refractivity contribution in [2.75, 3.05) is 62.8 Å². The van der Waals surface area contributed by atoms with E-state index in [1.165, 1.54) is 11.0 Å². The molecule has 1 N–H and O–H groups in total. The van der Waals surface area contributed by atoms with E-state index in [1.54, 1.807) is 29.0 Å². The van der Waals surface area contributed by atoms with Crippen LogP contribution in [0.15, 0.2) is 18.2 Å². The molecular formula is C17H22FN3O5. The molecule has 26 heavy (non-hydrogen) atoms. The summed E-state index contributed by atoms with van der Waals surface area (Å²) in [5.41, 5.74) is 0.678. The second kappa shape index (κ2) is 7.88. The maximum atomic E-state index is 14.6. The molecule has 1 aromatic rings. The van der Waals surface area contributed by atoms with Gasteiger partial charge < -0.3 is 24.4 Å². The average Bonchev–Trinajstić information content (AvgIpc) is 3.01. The Morgan fingerprint density at radius 1 is 1.35 bits per heavy atom. The van der Waals surface area contributed by atoms with Gasteiger partial charge in [-0.05, 0) is 18.2 Å². The van der Waals surface area contributed by atoms with Crippen LogP contribution in [0, 0.1) is 5.82 Å². The van der Waals surface area contributed by atoms with E-state index in [4.69, 9.17) is 14.6 Å². The number of piperazine rings is 1. The summed E-state index contributed by atoms with van der Waals surface area (Å²) in [5.74, 6) is -0.591. The predicted octanol–water partition coefficient (Wildman–Crippen LogP) is 0.438. The molecule has 0 saturated carbocycles. The van der Waals surface area contributed by atoms with Crippen molar-refractivity contribution in [2.45, 2.75) is 6.10 Å². The van der Waals surface area contributed by atoms with Crippen molar-refractivity contribution in [1.29, 1.82) is 0 Å². The number of aliphatic hydroxyl groups excluding tert-OH is 1. The molecule has 0 aromatic heterocycles. The number of ether oxygens (including phenoxy) is 2. The topological polar surface area (TPSA) is 82.6 Å². The minimum atomic E-state index is -0.613. The van der Waals surface area contributed by atoms with Crippen molar-refractivity contribution < 1.29 is 28.6 Å². The first-order valence-electron chi connectivity index (χ1n) is 8.43. The number of nitrogens with zero attached hydrogens (tertiary/aromatic N) is 3. The van der Waals surface area contributed by atoms with Gasteiger partial charge >= 0.3 is 6.09 Å². The number of halogens is 1. The number of benzene rings is 1. The van der Waals surface area contributed by atoms with Crippen LogP contribution in [-0.2, 0) is 14.3 Å². The van der Waals surface area contributed by atoms with Gasteiger partial charge in [-0.15, -0.1) is 0 Å². The number of methoxy groups -OCH3 is 1. The average molecular weight is 367 g/mol. The lowest BCUT2D eigenvalue weighted by Crippen LogP contribution is -2.51. The van der Waals surface area contributed by atoms with Crippen LogP contribution < -0.4 is 9.80 Å². The minimum absolute atomic E-state index is 0.0781. The standard InChI is InChI=1S/C17H22FN3O5/c1-25-7-6-19-4-5-20(10-16(19)23)15-3-2-12(8-14(15)18)21-9-13(11-22)26-17(21)24/h2-3,8,13,22H,4-7,9-11H2,1H3/t13-/m1/s1. The summed E-state index contributed by atoms with van der Waals surface area (Å²) in [6.07, 6.45) is -1.22. The van der Waals surface area contributed by atoms with E-state index in [0.717, 1.165) is 0 Å². The number of carbonyl (C=O) groups is 2. The maximum Gasteiger partial charge on any atom is 0.414 e. The van der Waals surface area contributed by atoms with Crippen LogP contribution in [0.2, 0.25) is 0 Å². The molecule has 9 heteroatoms. The van der Waals surface area contributed by atoms with E-state index in [2.05, 4.69) is 0 Å². The molecule has 0 spiro atoms. The van der Waals surface area contributed by atoms with Gasteiger partial charge in [0.2, 0.25) is 5.91 Å². The Labute approximate surface area is 150 Å². The fourth-order valence-electron chi connectivity index (χ4n) is 3.10. The number of anilines is 2. The van der Waals surface area contributed by atoms with Crippen molar-refractivity contribution in [3.05, 3.63) is 24.0 Å². The number of hydrogen-bond acceptors (Lipinski definition) is 6. The number of rotatable bonds is 6. The van der Waals surface area contributed by atoms with Crippen molar-refractivity contribution in [3.63, 3.8) is 0 Å². The van der Waals surface area contributed by atoms with Crippen molar-refractivity contribution in [3.8, 4) is 0 Å². The molecule has 2 amide bonds. The molecule has 0 radical (unpaired) electrons. The van der Waals surface area contributed by atoms with Gasteiger partial charge in [0.25, 0.3) is 0 Å². The summed E-state index contributed by atoms with van der Waals surface area (Å²) < 4.78 is 24.6. The second-order valence-corrected chi connectivity index (χ2v) is 6.23. The van der Waals surface area contributed by atoms with Gasteiger partial charge in [-0.1, -0.05) is 0 Å². The SMILES string of the molecule is COCCN1CCN(c2ccc(N3C[C@H](CO)OC3=O)cc2F)CC1=O. The highest BCUT2D eigenvalue weighted by atomic mass is 19.1. The Morgan fingerprint density at radius 3 is 2.77 bits per heavy atom. The molecule has 0 unspecified atom stereocenters. The summed E-state index contributed by atoms with van der Waals surface area (Å²) >= 11 is 0. The van der Waals surface area contributed by atoms with Gasteiger partial charge in [0.15, 0.2) is 0 Å². The second-order valence-electron chi connectivity index (χ2n) is 6.23. The molecule has 1 atom stereocenters. The van der Waals surface area contributed by atoms with Crippen LogP contribution in [-0.4, -0.2) is 81.2 Å². The van der Waals surface area contributed by atoms with Gasteiger partial charge in [-0.3, -0.25) is 9.69 Å². The summed E-state index contributed by atoms with van der Waals surface area (Å²) in [6, 6.07) is 4.42. The van der Waals surface area contributed by atoms with E-state index in [9.17, 15) is 14.0 Å². The molecule has 8 nitrogen and oxygen atoms in total. The van der Waals surface area contributed by atoms with E-state index in [0.29, 0.717) is 37.6 Å². The van der Waals surface area contributed by atoms with Crippen LogP contribution in [0.5, 0.6) is 0 Å². The largest absolute Gasteiger partial charge is 0.441 e. The lowest BCUT2D eigenvalue weighted by Gasteiger charge is -2.35. The normalized spacial score (nSPS) is 20.7. The first-order valence-corrected chi connectivity index (χ1v) is 8.43. The van der Waals surface area contributed by atoms with Crippen molar-refractivity contribution in [2.24, 2.45) is 0 Å². The maximum absolute atomic E-state index is 14.6. The molecule has 0 aliphatic carbocycles. The predicted molar refractivity (Wildman–Crippen MR) is 91.8 cm³/mol. The quantitative estimate of drug-likeness (QED) is 0.786. The highest BCUT2D eigenvalue weighted by Gasteiger charge is 2.32. The zero-order valence-electron chi connectivity index (χ0n) is 14.6. The monoisotopic (exact) mass is 367 g/mol. The molecule has 1 aromatic carbocycles. The molecule has 2 fully saturated rings. The molecule has 2 aliphatic heterocycles. The van der Waals surface area contributed by atoms with E-state index < -0.39 is 18.0 Å². The minimum Gasteiger partial charge on any atom is -0.441 e. The first-order chi connectivity index (χ1) is 12.5. The molecule has 2 aliphatic rings. The Hall–Kier alpha value is -2.39. The van der Waals surface area contributed by atoms with E-state index >= 15 is 0 Å². The molecule has 2 saturated heterocycles. The molecule has 2 heterocycles. The van der Waals surface area contributed by atoms with Crippen molar-refractivity contribution >= 4 is 23.4 Å². The summed E-state index contributed by atoms with van der Waals surface area (Å²) in [6.45, 7) is 1.99. The van der Waals surface area contributed by atoms with Gasteiger partial charge in [0, 0.05) is 26.7 Å². The Morgan fingerprint density at radius 2 is 2.15 bits per heavy atom. The van der Waals surface area contributed by atoms with E-state index in [1.807, 2.05) is 0 Å². The molecule has 0 bridgehead atoms. The Bertz CT molecular complexity index is 686. The number of cyclic esters (lactones) is 1. The Kier molecular flexibility index (Phi) is 5.58. The fourth-order valence-corrected chi connectivity index (χ4v) is 3.10. The van der Waals surface area contributed by atoms with Crippen LogP contribution in [0.1, 0.15) is 0 Å². The lowest BCUT2D eigenvalue weighted by atomic mass is 10.2. The third-order valence-corrected chi connectivity index (χ3v) is 4.55.